The van der Waals surface area contributed by atoms with E-state index >= 15 is 0 Å². The maximum Gasteiger partial charge on any atom is 0.226 e. The number of carbonyl (C=O) groups is 2. The van der Waals surface area contributed by atoms with Gasteiger partial charge in [-0.3, -0.25) is 9.59 Å². The van der Waals surface area contributed by atoms with Crippen LogP contribution in [-0.2, 0) is 35.5 Å². The minimum atomic E-state index is -0.0548. The largest absolute Gasteiger partial charge is 0.361 e. The molecule has 0 fully saturated rings. The normalized spacial score (nSPS) is 10.4. The maximum absolute atomic E-state index is 12.1. The third kappa shape index (κ3) is 6.15. The molecule has 0 radical (unpaired) electrons. The molecule has 0 spiro atoms. The predicted octanol–water partition coefficient (Wildman–Crippen LogP) is 2.73. The summed E-state index contributed by atoms with van der Waals surface area (Å²) in [4.78, 5) is 27.3. The molecule has 3 aromatic rings. The third-order valence-corrected chi connectivity index (χ3v) is 4.17. The van der Waals surface area contributed by atoms with Gasteiger partial charge in [0.25, 0.3) is 0 Å². The molecule has 0 aliphatic rings. The highest BCUT2D eigenvalue weighted by molar-refractivity contribution is 5.79. The lowest BCUT2D eigenvalue weighted by atomic mass is 10.2. The number of aromatic nitrogens is 1. The fraction of sp³-hybridized carbons (Fsp3) is 0.182. The molecule has 0 aliphatic carbocycles. The molecule has 27 heavy (non-hydrogen) atoms. The first-order valence-corrected chi connectivity index (χ1v) is 8.97. The van der Waals surface area contributed by atoms with Crippen molar-refractivity contribution in [3.8, 4) is 0 Å². The Hall–Kier alpha value is -3.34. The summed E-state index contributed by atoms with van der Waals surface area (Å²) in [5.41, 5.74) is 3.72. The van der Waals surface area contributed by atoms with Crippen LogP contribution in [0.5, 0.6) is 0 Å². The molecule has 0 saturated heterocycles. The molecule has 3 N–H and O–H groups in total. The molecule has 0 aliphatic heterocycles. The van der Waals surface area contributed by atoms with Crippen molar-refractivity contribution in [2.75, 3.05) is 0 Å². The lowest BCUT2D eigenvalue weighted by molar-refractivity contribution is -0.121. The summed E-state index contributed by atoms with van der Waals surface area (Å²) in [7, 11) is 0. The van der Waals surface area contributed by atoms with Crippen LogP contribution in [0.15, 0.2) is 72.8 Å². The van der Waals surface area contributed by atoms with E-state index in [2.05, 4.69) is 15.6 Å². The van der Waals surface area contributed by atoms with Gasteiger partial charge in [-0.1, -0.05) is 60.7 Å². The first kappa shape index (κ1) is 18.5. The molecule has 1 aromatic heterocycles. The summed E-state index contributed by atoms with van der Waals surface area (Å²) in [5, 5.41) is 5.80. The van der Waals surface area contributed by atoms with Crippen molar-refractivity contribution in [2.24, 2.45) is 0 Å². The lowest BCUT2D eigenvalue weighted by Crippen LogP contribution is -2.25. The van der Waals surface area contributed by atoms with Crippen LogP contribution >= 0.6 is 0 Å². The Morgan fingerprint density at radius 2 is 1.04 bits per heavy atom. The Bertz CT molecular complexity index is 801. The van der Waals surface area contributed by atoms with Crippen LogP contribution in [0.25, 0.3) is 0 Å². The maximum atomic E-state index is 12.1. The van der Waals surface area contributed by atoms with Crippen LogP contribution in [0, 0.1) is 0 Å². The van der Waals surface area contributed by atoms with Crippen LogP contribution in [0.3, 0.4) is 0 Å². The SMILES string of the molecule is O=C(Cc1ccc(CC(=O)NCc2ccccc2)[nH]1)NCc1ccccc1. The number of amides is 2. The molecule has 138 valence electrons. The van der Waals surface area contributed by atoms with Gasteiger partial charge in [-0.05, 0) is 23.3 Å². The van der Waals surface area contributed by atoms with Crippen LogP contribution < -0.4 is 10.6 Å². The summed E-state index contributed by atoms with van der Waals surface area (Å²) in [6, 6.07) is 23.3. The molecular weight excluding hydrogens is 338 g/mol. The van der Waals surface area contributed by atoms with Gasteiger partial charge >= 0.3 is 0 Å². The minimum absolute atomic E-state index is 0.0548. The van der Waals surface area contributed by atoms with Crippen LogP contribution in [-0.4, -0.2) is 16.8 Å². The Morgan fingerprint density at radius 1 is 0.630 bits per heavy atom. The summed E-state index contributed by atoms with van der Waals surface area (Å²) >= 11 is 0. The number of rotatable bonds is 8. The van der Waals surface area contributed by atoms with E-state index in [1.165, 1.54) is 0 Å². The fourth-order valence-corrected chi connectivity index (χ4v) is 2.76. The van der Waals surface area contributed by atoms with E-state index in [4.69, 9.17) is 0 Å². The number of carbonyl (C=O) groups excluding carboxylic acids is 2. The number of benzene rings is 2. The Labute approximate surface area is 158 Å². The molecule has 0 atom stereocenters. The van der Waals surface area contributed by atoms with Gasteiger partial charge < -0.3 is 15.6 Å². The van der Waals surface area contributed by atoms with E-state index in [1.54, 1.807) is 0 Å². The van der Waals surface area contributed by atoms with Gasteiger partial charge in [0.1, 0.15) is 0 Å². The molecule has 5 heteroatoms. The average Bonchev–Trinajstić information content (AvgIpc) is 3.13. The number of aromatic amines is 1. The molecule has 1 heterocycles. The van der Waals surface area contributed by atoms with Crippen molar-refractivity contribution in [3.63, 3.8) is 0 Å². The van der Waals surface area contributed by atoms with Crippen LogP contribution in [0.2, 0.25) is 0 Å². The van der Waals surface area contributed by atoms with Crippen LogP contribution in [0.1, 0.15) is 22.5 Å². The molecule has 5 nitrogen and oxygen atoms in total. The number of hydrogen-bond acceptors (Lipinski definition) is 2. The number of nitrogens with one attached hydrogen (secondary N) is 3. The first-order chi connectivity index (χ1) is 13.2. The standard InChI is InChI=1S/C22H23N3O2/c26-21(23-15-17-7-3-1-4-8-17)13-19-11-12-20(25-19)14-22(27)24-16-18-9-5-2-6-10-18/h1-12,25H,13-16H2,(H,23,26)(H,24,27). The number of H-pyrrole nitrogens is 1. The molecule has 0 bridgehead atoms. The number of hydrogen-bond donors (Lipinski definition) is 3. The summed E-state index contributed by atoms with van der Waals surface area (Å²) in [6.45, 7) is 1.02. The van der Waals surface area contributed by atoms with Gasteiger partial charge in [-0.25, -0.2) is 0 Å². The fourth-order valence-electron chi connectivity index (χ4n) is 2.76. The van der Waals surface area contributed by atoms with Gasteiger partial charge in [-0.2, -0.15) is 0 Å². The highest BCUT2D eigenvalue weighted by Gasteiger charge is 2.08. The molecule has 2 aromatic carbocycles. The van der Waals surface area contributed by atoms with E-state index in [-0.39, 0.29) is 24.7 Å². The highest BCUT2D eigenvalue weighted by Crippen LogP contribution is 2.05. The lowest BCUT2D eigenvalue weighted by Gasteiger charge is -2.05. The molecule has 3 rings (SSSR count). The van der Waals surface area contributed by atoms with E-state index in [0.717, 1.165) is 22.5 Å². The minimum Gasteiger partial charge on any atom is -0.361 e. The van der Waals surface area contributed by atoms with E-state index in [1.807, 2.05) is 72.8 Å². The van der Waals surface area contributed by atoms with E-state index in [9.17, 15) is 9.59 Å². The van der Waals surface area contributed by atoms with Gasteiger partial charge in [0.05, 0.1) is 12.8 Å². The van der Waals surface area contributed by atoms with Gasteiger partial charge in [0.15, 0.2) is 0 Å². The Balaban J connectivity index is 1.42. The van der Waals surface area contributed by atoms with Crippen LogP contribution in [0.4, 0.5) is 0 Å². The molecular formula is C22H23N3O2. The monoisotopic (exact) mass is 361 g/mol. The summed E-state index contributed by atoms with van der Waals surface area (Å²) < 4.78 is 0. The summed E-state index contributed by atoms with van der Waals surface area (Å²) in [5.74, 6) is -0.110. The smallest absolute Gasteiger partial charge is 0.226 e. The predicted molar refractivity (Wildman–Crippen MR) is 105 cm³/mol. The van der Waals surface area contributed by atoms with Crippen molar-refractivity contribution >= 4 is 11.8 Å². The Morgan fingerprint density at radius 3 is 1.44 bits per heavy atom. The zero-order chi connectivity index (χ0) is 18.9. The second-order valence-corrected chi connectivity index (χ2v) is 6.39. The van der Waals surface area contributed by atoms with Crippen molar-refractivity contribution in [1.29, 1.82) is 0 Å². The van der Waals surface area contributed by atoms with Gasteiger partial charge in [0, 0.05) is 24.5 Å². The van der Waals surface area contributed by atoms with Crippen molar-refractivity contribution in [2.45, 2.75) is 25.9 Å². The zero-order valence-corrected chi connectivity index (χ0v) is 15.1. The second kappa shape index (κ2) is 9.38. The van der Waals surface area contributed by atoms with E-state index in [0.29, 0.717) is 13.1 Å². The van der Waals surface area contributed by atoms with E-state index < -0.39 is 0 Å². The first-order valence-electron chi connectivity index (χ1n) is 8.97. The second-order valence-electron chi connectivity index (χ2n) is 6.39. The van der Waals surface area contributed by atoms with Crippen molar-refractivity contribution in [1.82, 2.24) is 15.6 Å². The highest BCUT2D eigenvalue weighted by atomic mass is 16.2. The molecule has 2 amide bonds. The van der Waals surface area contributed by atoms with Gasteiger partial charge in [-0.15, -0.1) is 0 Å². The average molecular weight is 361 g/mol. The summed E-state index contributed by atoms with van der Waals surface area (Å²) in [6.07, 6.45) is 0.525. The third-order valence-electron chi connectivity index (χ3n) is 4.17. The van der Waals surface area contributed by atoms with Crippen molar-refractivity contribution < 1.29 is 9.59 Å². The van der Waals surface area contributed by atoms with Crippen molar-refractivity contribution in [3.05, 3.63) is 95.3 Å². The van der Waals surface area contributed by atoms with Gasteiger partial charge in [0.2, 0.25) is 11.8 Å². The molecule has 0 unspecified atom stereocenters. The quantitative estimate of drug-likeness (QED) is 0.577. The Kier molecular flexibility index (Phi) is 6.41. The molecule has 0 saturated carbocycles. The zero-order valence-electron chi connectivity index (χ0n) is 15.1. The topological polar surface area (TPSA) is 74.0 Å².